The topological polar surface area (TPSA) is 90.5 Å². The first-order valence-electron chi connectivity index (χ1n) is 7.97. The molecule has 0 aromatic carbocycles. The van der Waals surface area contributed by atoms with Gasteiger partial charge in [0.05, 0.1) is 26.2 Å². The molecule has 14 heteroatoms. The lowest BCUT2D eigenvalue weighted by Crippen LogP contribution is -3.00. The molecule has 0 amide bonds. The number of hydrogen-bond acceptors (Lipinski definition) is 2. The fraction of sp³-hybridized carbons (Fsp3) is 1.00. The summed E-state index contributed by atoms with van der Waals surface area (Å²) in [7, 11) is 0. The van der Waals surface area contributed by atoms with Gasteiger partial charge in [-0.25, -0.2) is 0 Å². The standard InChI is InChI=1S/C12H30N6.2I2.4HI/c1-2-14-5-6-16-9-10-18-12-11-17-8-7-15-4-3-13-1;2*1-2;;;;/h13-18H,1-12H2;;;4*1H. The predicted molar refractivity (Wildman–Crippen MR) is 128 cm³/mol. The Bertz CT molecular complexity index is 115. The summed E-state index contributed by atoms with van der Waals surface area (Å²) in [5.74, 6) is 0. The van der Waals surface area contributed by atoms with Crippen molar-refractivity contribution < 1.29 is 117 Å². The number of nitrogens with two attached hydrogens (primary N) is 4. The van der Waals surface area contributed by atoms with E-state index in [4.69, 9.17) is 0 Å². The quantitative estimate of drug-likeness (QED) is 0.137. The SMILES string of the molecule is C1C[NH2+]CC[NH2+]CCNCC[NH2+]CC[NH2+]CCN1.II.II.[I-].[I-].[I-].[I-]. The first-order chi connectivity index (χ1) is 11.0. The fourth-order valence-corrected chi connectivity index (χ4v) is 2.12. The Morgan fingerprint density at radius 2 is 0.577 bits per heavy atom. The van der Waals surface area contributed by atoms with E-state index in [0.717, 1.165) is 26.2 Å². The molecule has 10 N–H and O–H groups in total. The first-order valence-corrected chi connectivity index (χ1v) is 20.5. The molecule has 1 heterocycles. The second-order valence-electron chi connectivity index (χ2n) is 4.96. The van der Waals surface area contributed by atoms with Gasteiger partial charge in [-0.2, -0.15) is 0 Å². The molecule has 168 valence electrons. The van der Waals surface area contributed by atoms with Gasteiger partial charge < -0.3 is 128 Å². The molecule has 1 aliphatic heterocycles. The second-order valence-corrected chi connectivity index (χ2v) is 4.96. The van der Waals surface area contributed by atoms with Crippen molar-refractivity contribution in [3.63, 3.8) is 0 Å². The lowest BCUT2D eigenvalue weighted by Gasteiger charge is -2.07. The van der Waals surface area contributed by atoms with Crippen molar-refractivity contribution in [2.75, 3.05) is 78.5 Å². The summed E-state index contributed by atoms with van der Waals surface area (Å²) in [5.41, 5.74) is 0. The van der Waals surface area contributed by atoms with Crippen LogP contribution in [0.1, 0.15) is 0 Å². The summed E-state index contributed by atoms with van der Waals surface area (Å²) in [6.45, 7) is 14.3. The van der Waals surface area contributed by atoms with E-state index in [0.29, 0.717) is 0 Å². The maximum absolute atomic E-state index is 3.50. The molecule has 0 radical (unpaired) electrons. The second kappa shape index (κ2) is 48.1. The third-order valence-electron chi connectivity index (χ3n) is 3.25. The van der Waals surface area contributed by atoms with Crippen molar-refractivity contribution in [1.29, 1.82) is 0 Å². The van der Waals surface area contributed by atoms with Crippen LogP contribution < -0.4 is 128 Å². The zero-order chi connectivity index (χ0) is 16.7. The number of nitrogens with one attached hydrogen (secondary N) is 2. The fourth-order valence-electron chi connectivity index (χ4n) is 2.12. The third kappa shape index (κ3) is 43.5. The molecule has 0 atom stereocenters. The van der Waals surface area contributed by atoms with Crippen molar-refractivity contribution >= 4 is 74.5 Å². The molecule has 6 nitrogen and oxygen atoms in total. The van der Waals surface area contributed by atoms with Gasteiger partial charge >= 0.3 is 0 Å². The average Bonchev–Trinajstić information content (AvgIpc) is 2.59. The normalized spacial score (nSPS) is 17.1. The van der Waals surface area contributed by atoms with E-state index < -0.39 is 0 Å². The Morgan fingerprint density at radius 3 is 0.769 bits per heavy atom. The summed E-state index contributed by atoms with van der Waals surface area (Å²) >= 11 is 8.48. The monoisotopic (exact) mass is 1280 g/mol. The minimum Gasteiger partial charge on any atom is -1.00 e. The van der Waals surface area contributed by atoms with Crippen molar-refractivity contribution in [1.82, 2.24) is 10.6 Å². The van der Waals surface area contributed by atoms with Crippen LogP contribution in [0, 0.1) is 0 Å². The summed E-state index contributed by atoms with van der Waals surface area (Å²) < 4.78 is 0. The van der Waals surface area contributed by atoms with Gasteiger partial charge in [-0.3, -0.25) is 0 Å². The first kappa shape index (κ1) is 45.1. The van der Waals surface area contributed by atoms with Gasteiger partial charge in [-0.1, -0.05) is 0 Å². The summed E-state index contributed by atoms with van der Waals surface area (Å²) in [6.07, 6.45) is 0. The Labute approximate surface area is 275 Å². The molecular weight excluding hydrogens is 1240 g/mol. The molecule has 0 aromatic rings. The molecule has 1 fully saturated rings. The van der Waals surface area contributed by atoms with Crippen LogP contribution in [0.15, 0.2) is 0 Å². The maximum Gasteiger partial charge on any atom is 0.125 e. The van der Waals surface area contributed by atoms with E-state index in [1.165, 1.54) is 52.4 Å². The zero-order valence-corrected chi connectivity index (χ0v) is 32.1. The summed E-state index contributed by atoms with van der Waals surface area (Å²) in [4.78, 5) is 0. The highest BCUT2D eigenvalue weighted by atomic mass is 128. The van der Waals surface area contributed by atoms with Gasteiger partial charge in [0.15, 0.2) is 0 Å². The van der Waals surface area contributed by atoms with Crippen molar-refractivity contribution in [3.8, 4) is 0 Å². The van der Waals surface area contributed by atoms with E-state index in [-0.39, 0.29) is 95.9 Å². The number of rotatable bonds is 0. The van der Waals surface area contributed by atoms with Crippen LogP contribution in [0.4, 0.5) is 0 Å². The van der Waals surface area contributed by atoms with Crippen LogP contribution in [-0.4, -0.2) is 78.5 Å². The van der Waals surface area contributed by atoms with Crippen LogP contribution in [0.3, 0.4) is 0 Å². The van der Waals surface area contributed by atoms with Crippen LogP contribution >= 0.6 is 74.5 Å². The average molecular weight is 1280 g/mol. The molecule has 1 aliphatic rings. The predicted octanol–water partition coefficient (Wildman–Crippen LogP) is -15.0. The van der Waals surface area contributed by atoms with Crippen LogP contribution in [-0.2, 0) is 0 Å². The van der Waals surface area contributed by atoms with Crippen LogP contribution in [0.2, 0.25) is 0 Å². The molecule has 26 heavy (non-hydrogen) atoms. The Balaban J connectivity index is -0.000000117. The van der Waals surface area contributed by atoms with Gasteiger partial charge in [-0.05, 0) is 0 Å². The van der Waals surface area contributed by atoms with Crippen LogP contribution in [0.5, 0.6) is 0 Å². The van der Waals surface area contributed by atoms with Gasteiger partial charge in [-0.15, -0.1) is 0 Å². The maximum atomic E-state index is 3.50. The molecule has 1 rings (SSSR count). The van der Waals surface area contributed by atoms with Gasteiger partial charge in [0.25, 0.3) is 0 Å². The minimum absolute atomic E-state index is 0. The smallest absolute Gasteiger partial charge is 0.125 e. The third-order valence-corrected chi connectivity index (χ3v) is 3.25. The van der Waals surface area contributed by atoms with Gasteiger partial charge in [0.1, 0.15) is 26.2 Å². The molecule has 0 bridgehead atoms. The zero-order valence-electron chi connectivity index (χ0n) is 14.8. The van der Waals surface area contributed by atoms with Gasteiger partial charge in [0.2, 0.25) is 0 Å². The largest absolute Gasteiger partial charge is 1.00 e. The van der Waals surface area contributed by atoms with Gasteiger partial charge in [0, 0.05) is 101 Å². The van der Waals surface area contributed by atoms with E-state index in [2.05, 4.69) is 106 Å². The lowest BCUT2D eigenvalue weighted by atomic mass is 10.4. The number of halogens is 8. The van der Waals surface area contributed by atoms with Crippen molar-refractivity contribution in [2.45, 2.75) is 0 Å². The van der Waals surface area contributed by atoms with E-state index in [9.17, 15) is 0 Å². The molecule has 0 saturated carbocycles. The number of hydrogen-bond donors (Lipinski definition) is 6. The summed E-state index contributed by atoms with van der Waals surface area (Å²) in [6, 6.07) is 0. The highest BCUT2D eigenvalue weighted by Gasteiger charge is 1.98. The highest BCUT2D eigenvalue weighted by molar-refractivity contribution is 15.0. The Kier molecular flexibility index (Phi) is 83.6. The highest BCUT2D eigenvalue weighted by Crippen LogP contribution is 1.89. The molecular formula is C12H34I8N6. The molecule has 0 spiro atoms. The molecule has 0 unspecified atom stereocenters. The Morgan fingerprint density at radius 1 is 0.385 bits per heavy atom. The molecule has 1 saturated heterocycles. The lowest BCUT2D eigenvalue weighted by molar-refractivity contribution is -0.724. The summed E-state index contributed by atoms with van der Waals surface area (Å²) in [5, 5.41) is 16.7. The van der Waals surface area contributed by atoms with E-state index in [1.807, 2.05) is 0 Å². The van der Waals surface area contributed by atoms with Crippen LogP contribution in [0.25, 0.3) is 0 Å². The Hall–Kier alpha value is 5.60. The molecule has 0 aliphatic carbocycles. The van der Waals surface area contributed by atoms with E-state index >= 15 is 0 Å². The van der Waals surface area contributed by atoms with Crippen molar-refractivity contribution in [2.24, 2.45) is 0 Å². The van der Waals surface area contributed by atoms with Crippen molar-refractivity contribution in [3.05, 3.63) is 0 Å². The minimum atomic E-state index is 0. The van der Waals surface area contributed by atoms with E-state index in [1.54, 1.807) is 0 Å². The number of quaternary nitrogens is 4. The molecule has 0 aromatic heterocycles.